The predicted molar refractivity (Wildman–Crippen MR) is 150 cm³/mol. The van der Waals surface area contributed by atoms with Crippen LogP contribution in [0, 0.1) is 5.82 Å². The van der Waals surface area contributed by atoms with Crippen molar-refractivity contribution in [3.05, 3.63) is 74.8 Å². The molecule has 10 nitrogen and oxygen atoms in total. The van der Waals surface area contributed by atoms with Crippen LogP contribution in [-0.4, -0.2) is 84.5 Å². The molecule has 3 N–H and O–H groups in total. The molecule has 0 aliphatic carbocycles. The Morgan fingerprint density at radius 2 is 2.05 bits per heavy atom. The van der Waals surface area contributed by atoms with Crippen molar-refractivity contribution in [2.24, 2.45) is 4.99 Å². The van der Waals surface area contributed by atoms with Gasteiger partial charge in [-0.15, -0.1) is 11.3 Å². The Morgan fingerprint density at radius 1 is 1.26 bits per heavy atom. The van der Waals surface area contributed by atoms with E-state index in [2.05, 4.69) is 15.4 Å². The van der Waals surface area contributed by atoms with Crippen molar-refractivity contribution < 1.29 is 28.2 Å². The zero-order valence-corrected chi connectivity index (χ0v) is 23.7. The lowest BCUT2D eigenvalue weighted by molar-refractivity contribution is -0.0527. The lowest BCUT2D eigenvalue weighted by Gasteiger charge is -2.37. The number of aromatic nitrogens is 3. The summed E-state index contributed by atoms with van der Waals surface area (Å²) in [5.74, 6) is -0.00885. The highest BCUT2D eigenvalue weighted by atomic mass is 35.5. The van der Waals surface area contributed by atoms with Gasteiger partial charge < -0.3 is 25.3 Å². The molecule has 2 atom stereocenters. The zero-order chi connectivity index (χ0) is 29.6. The third kappa shape index (κ3) is 5.39. The van der Waals surface area contributed by atoms with Crippen LogP contribution in [0.4, 0.5) is 18.0 Å². The van der Waals surface area contributed by atoms with Gasteiger partial charge in [0.15, 0.2) is 10.8 Å². The number of rotatable bonds is 6. The van der Waals surface area contributed by atoms with Crippen molar-refractivity contribution in [3.8, 4) is 0 Å². The number of hydrogen-bond acceptors (Lipinski definition) is 8. The maximum atomic E-state index is 14.0. The first-order valence-electron chi connectivity index (χ1n) is 13.3. The first-order chi connectivity index (χ1) is 20.2. The second kappa shape index (κ2) is 11.3. The van der Waals surface area contributed by atoms with E-state index in [9.17, 15) is 28.2 Å². The minimum absolute atomic E-state index is 0.123. The van der Waals surface area contributed by atoms with Gasteiger partial charge in [0.05, 0.1) is 23.9 Å². The Balaban J connectivity index is 1.38. The van der Waals surface area contributed by atoms with Crippen LogP contribution in [0.3, 0.4) is 0 Å². The fraction of sp³-hybridized carbons (Fsp3) is 0.407. The molecule has 2 saturated heterocycles. The van der Waals surface area contributed by atoms with E-state index in [4.69, 9.17) is 16.6 Å². The molecule has 15 heteroatoms. The van der Waals surface area contributed by atoms with E-state index in [1.807, 2.05) is 4.90 Å². The molecule has 0 unspecified atom stereocenters. The van der Waals surface area contributed by atoms with E-state index in [1.165, 1.54) is 41.8 Å². The number of amidine groups is 1. The number of thiazole rings is 1. The fourth-order valence-corrected chi connectivity index (χ4v) is 6.51. The summed E-state index contributed by atoms with van der Waals surface area (Å²) in [6.45, 7) is -2.31. The van der Waals surface area contributed by atoms with Crippen molar-refractivity contribution in [1.29, 1.82) is 0 Å². The van der Waals surface area contributed by atoms with Crippen LogP contribution in [0.15, 0.2) is 52.7 Å². The van der Waals surface area contributed by atoms with Crippen molar-refractivity contribution in [1.82, 2.24) is 29.9 Å². The summed E-state index contributed by atoms with van der Waals surface area (Å²) >= 11 is 7.87. The minimum Gasteiger partial charge on any atom is -0.393 e. The molecule has 3 aliphatic heterocycles. The number of benzene rings is 1. The average molecular weight is 622 g/mol. The summed E-state index contributed by atoms with van der Waals surface area (Å²) in [5, 5.41) is 29.5. The normalized spacial score (nSPS) is 22.0. The van der Waals surface area contributed by atoms with Crippen LogP contribution in [0.25, 0.3) is 5.57 Å². The third-order valence-electron chi connectivity index (χ3n) is 7.83. The van der Waals surface area contributed by atoms with Crippen molar-refractivity contribution in [3.63, 3.8) is 0 Å². The number of nitrogens with one attached hydrogen (secondary N) is 1. The summed E-state index contributed by atoms with van der Waals surface area (Å²) in [6.07, 6.45) is 3.68. The number of aliphatic imine (C=N–C) groups is 1. The highest BCUT2D eigenvalue weighted by Crippen LogP contribution is 2.46. The molecule has 3 aromatic rings. The standard InChI is InChI=1S/C27H27ClF3N7O3S/c28-18-11-15(29)1-2-17(18)22-21(19-3-7-38(35-19)25(30)31)20-12-16(13-37(20)23(34-22)24-32-6-10-42-24)33-26(40)36-8-4-27(41,14-39)5-9-36/h1-3,6-7,10-11,16,22,25,39,41H,4-5,8-9,12-14H2,(H,33,40)/t16-,22-/m0/s1. The highest BCUT2D eigenvalue weighted by Gasteiger charge is 2.42. The molecule has 1 aromatic carbocycles. The second-order valence-electron chi connectivity index (χ2n) is 10.5. The Hall–Kier alpha value is -3.46. The molecule has 3 aliphatic rings. The lowest BCUT2D eigenvalue weighted by Crippen LogP contribution is -2.53. The number of hydrogen-bond donors (Lipinski definition) is 3. The van der Waals surface area contributed by atoms with Gasteiger partial charge in [0.1, 0.15) is 11.9 Å². The Kier molecular flexibility index (Phi) is 7.72. The van der Waals surface area contributed by atoms with E-state index in [1.54, 1.807) is 16.5 Å². The van der Waals surface area contributed by atoms with Gasteiger partial charge in [-0.1, -0.05) is 17.7 Å². The molecule has 2 aromatic heterocycles. The third-order valence-corrected chi connectivity index (χ3v) is 8.92. The average Bonchev–Trinajstić information content (AvgIpc) is 3.74. The van der Waals surface area contributed by atoms with Gasteiger partial charge in [-0.3, -0.25) is 4.99 Å². The van der Waals surface area contributed by atoms with Gasteiger partial charge in [-0.25, -0.2) is 18.9 Å². The topological polar surface area (TPSA) is 119 Å². The van der Waals surface area contributed by atoms with Crippen LogP contribution in [0.2, 0.25) is 5.02 Å². The number of aliphatic hydroxyl groups excluding tert-OH is 1. The maximum Gasteiger partial charge on any atom is 0.333 e. The number of piperidine rings is 1. The Morgan fingerprint density at radius 3 is 2.69 bits per heavy atom. The minimum atomic E-state index is -2.85. The first-order valence-corrected chi connectivity index (χ1v) is 14.6. The molecule has 2 fully saturated rings. The van der Waals surface area contributed by atoms with Gasteiger partial charge >= 0.3 is 12.6 Å². The fourth-order valence-electron chi connectivity index (χ4n) is 5.60. The smallest absolute Gasteiger partial charge is 0.333 e. The number of aliphatic hydroxyl groups is 2. The zero-order valence-electron chi connectivity index (χ0n) is 22.1. The van der Waals surface area contributed by atoms with E-state index >= 15 is 0 Å². The number of fused-ring (bicyclic) bond motifs is 1. The van der Waals surface area contributed by atoms with E-state index < -0.39 is 24.0 Å². The number of carbonyl (C=O) groups is 1. The van der Waals surface area contributed by atoms with Crippen LogP contribution >= 0.6 is 22.9 Å². The summed E-state index contributed by atoms with van der Waals surface area (Å²) < 4.78 is 41.6. The highest BCUT2D eigenvalue weighted by molar-refractivity contribution is 7.11. The van der Waals surface area contributed by atoms with Gasteiger partial charge in [0.25, 0.3) is 0 Å². The molecular weight excluding hydrogens is 595 g/mol. The monoisotopic (exact) mass is 621 g/mol. The molecule has 222 valence electrons. The summed E-state index contributed by atoms with van der Waals surface area (Å²) in [6, 6.07) is 3.93. The summed E-state index contributed by atoms with van der Waals surface area (Å²) in [7, 11) is 0. The van der Waals surface area contributed by atoms with Crippen LogP contribution in [-0.2, 0) is 0 Å². The number of amides is 2. The Bertz CT molecular complexity index is 1540. The van der Waals surface area contributed by atoms with Crippen molar-refractivity contribution >= 4 is 40.4 Å². The van der Waals surface area contributed by atoms with Gasteiger partial charge in [0, 0.05) is 65.7 Å². The predicted octanol–water partition coefficient (Wildman–Crippen LogP) is 4.04. The van der Waals surface area contributed by atoms with E-state index in [0.717, 1.165) is 0 Å². The molecule has 42 heavy (non-hydrogen) atoms. The molecule has 6 rings (SSSR count). The Labute approximate surface area is 247 Å². The van der Waals surface area contributed by atoms with Gasteiger partial charge in [-0.05, 0) is 31.0 Å². The molecule has 2 amide bonds. The molecule has 0 saturated carbocycles. The van der Waals surface area contributed by atoms with Crippen molar-refractivity contribution in [2.45, 2.75) is 43.5 Å². The van der Waals surface area contributed by atoms with E-state index in [0.29, 0.717) is 45.3 Å². The number of nitrogens with zero attached hydrogens (tertiary/aromatic N) is 6. The maximum absolute atomic E-state index is 14.0. The molecule has 0 spiro atoms. The SMILES string of the molecule is O=C(N[C@H]1CC2=C(c3ccn(C(F)F)n3)[C@H](c3ccc(F)cc3Cl)N=C(c3nccs3)N2C1)N1CCC(O)(CO)CC1. The number of urea groups is 1. The number of likely N-dealkylation sites (tertiary alicyclic amines) is 1. The van der Waals surface area contributed by atoms with Crippen LogP contribution < -0.4 is 5.32 Å². The van der Waals surface area contributed by atoms with E-state index in [-0.39, 0.29) is 55.3 Å². The van der Waals surface area contributed by atoms with Gasteiger partial charge in [-0.2, -0.15) is 13.9 Å². The largest absolute Gasteiger partial charge is 0.393 e. The summed E-state index contributed by atoms with van der Waals surface area (Å²) in [4.78, 5) is 26.1. The second-order valence-corrected chi connectivity index (χ2v) is 11.8. The lowest BCUT2D eigenvalue weighted by atomic mass is 9.92. The first kappa shape index (κ1) is 28.6. The summed E-state index contributed by atoms with van der Waals surface area (Å²) in [5.41, 5.74) is 0.763. The van der Waals surface area contributed by atoms with Crippen LogP contribution in [0.1, 0.15) is 48.1 Å². The quantitative estimate of drug-likeness (QED) is 0.382. The molecule has 5 heterocycles. The molecular formula is C27H27ClF3N7O3S. The number of alkyl halides is 2. The number of halogens is 4. The van der Waals surface area contributed by atoms with Crippen LogP contribution in [0.5, 0.6) is 0 Å². The van der Waals surface area contributed by atoms with Crippen molar-refractivity contribution in [2.75, 3.05) is 26.2 Å². The van der Waals surface area contributed by atoms with Gasteiger partial charge in [0.2, 0.25) is 0 Å². The molecule has 0 radical (unpaired) electrons. The molecule has 0 bridgehead atoms. The number of carbonyl (C=O) groups excluding carboxylic acids is 1.